The van der Waals surface area contributed by atoms with Crippen molar-refractivity contribution >= 4 is 21.9 Å². The Morgan fingerprint density at radius 3 is 2.81 bits per heavy atom. The summed E-state index contributed by atoms with van der Waals surface area (Å²) >= 11 is 0. The molecule has 0 aliphatic heterocycles. The van der Waals surface area contributed by atoms with Gasteiger partial charge >= 0.3 is 0 Å². The normalized spacial score (nSPS) is 12.8. The van der Waals surface area contributed by atoms with Crippen molar-refractivity contribution in [3.63, 3.8) is 0 Å². The first kappa shape index (κ1) is 12.3. The maximum Gasteiger partial charge on any atom is 0.300 e. The van der Waals surface area contributed by atoms with E-state index in [2.05, 4.69) is 19.7 Å². The molecule has 0 unspecified atom stereocenters. The summed E-state index contributed by atoms with van der Waals surface area (Å²) in [6.45, 7) is 0. The average Bonchev–Trinajstić information content (AvgIpc) is 2.59. The van der Waals surface area contributed by atoms with Crippen molar-refractivity contribution in [3.05, 3.63) is 11.8 Å². The summed E-state index contributed by atoms with van der Waals surface area (Å²) in [5, 5.41) is 15.1. The van der Waals surface area contributed by atoms with Gasteiger partial charge in [-0.05, 0) is 0 Å². The van der Waals surface area contributed by atoms with Gasteiger partial charge in [-0.1, -0.05) is 5.16 Å². The van der Waals surface area contributed by atoms with E-state index in [1.807, 2.05) is 0 Å². The molecule has 9 nitrogen and oxygen atoms in total. The molecule has 0 spiro atoms. The van der Waals surface area contributed by atoms with Gasteiger partial charge < -0.3 is 10.9 Å². The lowest BCUT2D eigenvalue weighted by atomic mass is 10.3. The van der Waals surface area contributed by atoms with E-state index in [9.17, 15) is 8.42 Å². The number of nitrogens with zero attached hydrogens (tertiary/aromatic N) is 3. The highest BCUT2D eigenvalue weighted by Gasteiger charge is 2.17. The number of oxime groups is 1. The quantitative estimate of drug-likeness (QED) is 0.220. The molecular weight excluding hydrogens is 236 g/mol. The molecule has 1 rings (SSSR count). The van der Waals surface area contributed by atoms with Gasteiger partial charge in [0.1, 0.15) is 5.82 Å². The van der Waals surface area contributed by atoms with Crippen LogP contribution in [0, 0.1) is 0 Å². The van der Waals surface area contributed by atoms with Crippen molar-refractivity contribution < 1.29 is 13.6 Å². The topological polar surface area (TPSA) is 135 Å². The highest BCUT2D eigenvalue weighted by Crippen LogP contribution is 2.14. The first-order chi connectivity index (χ1) is 7.41. The van der Waals surface area contributed by atoms with Gasteiger partial charge in [-0.2, -0.15) is 13.5 Å². The third-order valence-corrected chi connectivity index (χ3v) is 2.82. The minimum absolute atomic E-state index is 0.102. The molecular formula is C6H12N6O3S. The number of nitrogens with one attached hydrogen (secondary N) is 2. The fraction of sp³-hybridized carbons (Fsp3) is 0.333. The third-order valence-electron chi connectivity index (χ3n) is 1.82. The molecule has 1 aromatic heterocycles. The fourth-order valence-electron chi connectivity index (χ4n) is 0.978. The lowest BCUT2D eigenvalue weighted by Crippen LogP contribution is -2.29. The molecule has 0 radical (unpaired) electrons. The van der Waals surface area contributed by atoms with Crippen LogP contribution in [0.4, 0.5) is 5.82 Å². The Balaban J connectivity index is 3.18. The van der Waals surface area contributed by atoms with Crippen LogP contribution in [0.2, 0.25) is 0 Å². The number of anilines is 1. The van der Waals surface area contributed by atoms with Crippen LogP contribution in [0.1, 0.15) is 5.56 Å². The zero-order valence-electron chi connectivity index (χ0n) is 8.67. The molecule has 0 fully saturated rings. The molecule has 0 aromatic carbocycles. The molecule has 5 N–H and O–H groups in total. The molecule has 1 heterocycles. The van der Waals surface area contributed by atoms with E-state index in [1.165, 1.54) is 25.0 Å². The van der Waals surface area contributed by atoms with Crippen LogP contribution in [0.5, 0.6) is 0 Å². The van der Waals surface area contributed by atoms with E-state index in [0.717, 1.165) is 0 Å². The summed E-state index contributed by atoms with van der Waals surface area (Å²) < 4.78 is 28.1. The smallest absolute Gasteiger partial charge is 0.300 e. The van der Waals surface area contributed by atoms with Gasteiger partial charge in [-0.15, -0.1) is 0 Å². The Morgan fingerprint density at radius 1 is 1.69 bits per heavy atom. The van der Waals surface area contributed by atoms with E-state index in [0.29, 0.717) is 0 Å². The fourth-order valence-corrected chi connectivity index (χ4v) is 1.58. The summed E-state index contributed by atoms with van der Waals surface area (Å²) in [6, 6.07) is 0. The second kappa shape index (κ2) is 4.37. The van der Waals surface area contributed by atoms with Gasteiger partial charge in [-0.3, -0.25) is 9.40 Å². The van der Waals surface area contributed by atoms with Crippen LogP contribution < -0.4 is 15.2 Å². The zero-order chi connectivity index (χ0) is 12.3. The van der Waals surface area contributed by atoms with Gasteiger partial charge in [0, 0.05) is 14.1 Å². The monoisotopic (exact) mass is 248 g/mol. The molecule has 0 saturated carbocycles. The number of nitrogens with two attached hydrogens (primary N) is 1. The van der Waals surface area contributed by atoms with Crippen LogP contribution in [-0.4, -0.2) is 36.3 Å². The number of hydrogen-bond acceptors (Lipinski definition) is 5. The zero-order valence-corrected chi connectivity index (χ0v) is 9.48. The van der Waals surface area contributed by atoms with Gasteiger partial charge in [0.15, 0.2) is 5.84 Å². The summed E-state index contributed by atoms with van der Waals surface area (Å²) in [6.07, 6.45) is 1.28. The van der Waals surface area contributed by atoms with Crippen LogP contribution in [-0.2, 0) is 17.3 Å². The number of hydrogen-bond donors (Lipinski definition) is 4. The standard InChI is InChI=1S/C6H12N6O3S/c1-8-16(14,15)11-6-4(5(7)10-13)3-9-12(6)2/h3,8,11,13H,1-2H3,(H2,7,10). The minimum atomic E-state index is -3.68. The van der Waals surface area contributed by atoms with Crippen LogP contribution in [0.25, 0.3) is 0 Å². The highest BCUT2D eigenvalue weighted by molar-refractivity contribution is 7.90. The Hall–Kier alpha value is -1.81. The maximum absolute atomic E-state index is 11.3. The number of rotatable bonds is 4. The molecule has 0 atom stereocenters. The second-order valence-electron chi connectivity index (χ2n) is 2.83. The summed E-state index contributed by atoms with van der Waals surface area (Å²) in [5.41, 5.74) is 5.54. The summed E-state index contributed by atoms with van der Waals surface area (Å²) in [5.74, 6) is -0.133. The third kappa shape index (κ3) is 2.41. The Labute approximate surface area is 92.1 Å². The second-order valence-corrected chi connectivity index (χ2v) is 4.44. The Morgan fingerprint density at radius 2 is 2.31 bits per heavy atom. The maximum atomic E-state index is 11.3. The Bertz CT molecular complexity index is 504. The first-order valence-corrected chi connectivity index (χ1v) is 5.60. The van der Waals surface area contributed by atoms with Crippen molar-refractivity contribution in [1.29, 1.82) is 0 Å². The minimum Gasteiger partial charge on any atom is -0.409 e. The average molecular weight is 248 g/mol. The highest BCUT2D eigenvalue weighted by atomic mass is 32.2. The van der Waals surface area contributed by atoms with E-state index >= 15 is 0 Å². The van der Waals surface area contributed by atoms with E-state index in [1.54, 1.807) is 0 Å². The largest absolute Gasteiger partial charge is 0.409 e. The molecule has 16 heavy (non-hydrogen) atoms. The van der Waals surface area contributed by atoms with Crippen LogP contribution in [0.15, 0.2) is 11.4 Å². The SMILES string of the molecule is CNS(=O)(=O)Nc1c(C(N)=NO)cnn1C. The van der Waals surface area contributed by atoms with Gasteiger partial charge in [-0.25, -0.2) is 4.72 Å². The van der Waals surface area contributed by atoms with Crippen LogP contribution >= 0.6 is 0 Å². The van der Waals surface area contributed by atoms with Crippen molar-refractivity contribution in [2.75, 3.05) is 11.8 Å². The lowest BCUT2D eigenvalue weighted by Gasteiger charge is -2.08. The van der Waals surface area contributed by atoms with Crippen molar-refractivity contribution in [3.8, 4) is 0 Å². The summed E-state index contributed by atoms with van der Waals surface area (Å²) in [4.78, 5) is 0. The molecule has 1 aromatic rings. The van der Waals surface area contributed by atoms with Gasteiger partial charge in [0.05, 0.1) is 11.8 Å². The predicted molar refractivity (Wildman–Crippen MR) is 57.3 cm³/mol. The number of aromatic nitrogens is 2. The van der Waals surface area contributed by atoms with E-state index in [-0.39, 0.29) is 17.2 Å². The predicted octanol–water partition coefficient (Wildman–Crippen LogP) is -1.61. The molecule has 0 bridgehead atoms. The molecule has 0 aliphatic carbocycles. The molecule has 90 valence electrons. The Kier molecular flexibility index (Phi) is 3.34. The van der Waals surface area contributed by atoms with E-state index in [4.69, 9.17) is 10.9 Å². The van der Waals surface area contributed by atoms with Crippen molar-refractivity contribution in [1.82, 2.24) is 14.5 Å². The molecule has 0 amide bonds. The molecule has 0 aliphatic rings. The number of amidine groups is 1. The van der Waals surface area contributed by atoms with Gasteiger partial charge in [0.25, 0.3) is 10.2 Å². The number of aryl methyl sites for hydroxylation is 1. The van der Waals surface area contributed by atoms with Crippen molar-refractivity contribution in [2.24, 2.45) is 17.9 Å². The van der Waals surface area contributed by atoms with E-state index < -0.39 is 10.2 Å². The van der Waals surface area contributed by atoms with Crippen molar-refractivity contribution in [2.45, 2.75) is 0 Å². The summed E-state index contributed by atoms with van der Waals surface area (Å²) in [7, 11) is -0.915. The lowest BCUT2D eigenvalue weighted by molar-refractivity contribution is 0.318. The first-order valence-electron chi connectivity index (χ1n) is 4.12. The van der Waals surface area contributed by atoms with Crippen LogP contribution in [0.3, 0.4) is 0 Å². The molecule has 10 heteroatoms. The molecule has 0 saturated heterocycles. The van der Waals surface area contributed by atoms with Gasteiger partial charge in [0.2, 0.25) is 0 Å².